The average Bonchev–Trinajstić information content (AvgIpc) is 3.32. The second-order valence-corrected chi connectivity index (χ2v) is 6.87. The minimum atomic E-state index is -1.20. The third-order valence-electron chi connectivity index (χ3n) is 5.20. The monoisotopic (exact) mass is 366 g/mol. The van der Waals surface area contributed by atoms with Gasteiger partial charge in [-0.25, -0.2) is 5.48 Å². The van der Waals surface area contributed by atoms with Gasteiger partial charge in [0, 0.05) is 18.4 Å². The molecule has 9 heteroatoms. The molecule has 1 aromatic heterocycles. The van der Waals surface area contributed by atoms with Gasteiger partial charge in [-0.1, -0.05) is 31.7 Å². The van der Waals surface area contributed by atoms with Crippen molar-refractivity contribution in [2.75, 3.05) is 6.54 Å². The quantitative estimate of drug-likeness (QED) is 0.368. The van der Waals surface area contributed by atoms with E-state index < -0.39 is 23.4 Å². The Morgan fingerprint density at radius 1 is 1.26 bits per heavy atom. The predicted octanol–water partition coefficient (Wildman–Crippen LogP) is -1.66. The molecular formula is C18H23LiN4O4. The summed E-state index contributed by atoms with van der Waals surface area (Å²) in [5, 5.41) is 13.2. The Hall–Kier alpha value is -1.88. The summed E-state index contributed by atoms with van der Waals surface area (Å²) in [6.45, 7) is 0.497. The molecule has 0 aromatic carbocycles. The number of aromatic nitrogens is 1. The number of carbonyl (C=O) groups excluding carboxylic acids is 3. The maximum absolute atomic E-state index is 12.8. The van der Waals surface area contributed by atoms with Crippen LogP contribution in [-0.4, -0.2) is 50.9 Å². The van der Waals surface area contributed by atoms with Gasteiger partial charge in [-0.2, -0.15) is 0 Å². The fourth-order valence-electron chi connectivity index (χ4n) is 3.82. The number of hydroxylamine groups is 1. The van der Waals surface area contributed by atoms with E-state index in [0.29, 0.717) is 31.5 Å². The first-order valence-corrected chi connectivity index (χ1v) is 8.96. The van der Waals surface area contributed by atoms with E-state index in [4.69, 9.17) is 5.21 Å². The summed E-state index contributed by atoms with van der Waals surface area (Å²) in [4.78, 5) is 43.1. The maximum Gasteiger partial charge on any atom is 1.00 e. The van der Waals surface area contributed by atoms with Gasteiger partial charge >= 0.3 is 18.9 Å². The third-order valence-corrected chi connectivity index (χ3v) is 5.20. The summed E-state index contributed by atoms with van der Waals surface area (Å²) in [5.74, 6) is -1.27. The number of pyridine rings is 1. The van der Waals surface area contributed by atoms with Crippen LogP contribution in [-0.2, 0) is 20.8 Å². The van der Waals surface area contributed by atoms with Crippen LogP contribution in [0.5, 0.6) is 0 Å². The van der Waals surface area contributed by atoms with E-state index in [1.807, 2.05) is 6.07 Å². The predicted molar refractivity (Wildman–Crippen MR) is 92.2 cm³/mol. The molecule has 3 rings (SSSR count). The fourth-order valence-corrected chi connectivity index (χ4v) is 3.82. The maximum atomic E-state index is 12.8. The summed E-state index contributed by atoms with van der Waals surface area (Å²) in [6, 6.07) is 4.72. The Bertz CT molecular complexity index is 679. The van der Waals surface area contributed by atoms with Crippen molar-refractivity contribution < 1.29 is 38.5 Å². The summed E-state index contributed by atoms with van der Waals surface area (Å²) in [7, 11) is 0. The van der Waals surface area contributed by atoms with Gasteiger partial charge in [0.15, 0.2) is 0 Å². The van der Waals surface area contributed by atoms with E-state index in [0.717, 1.165) is 19.3 Å². The summed E-state index contributed by atoms with van der Waals surface area (Å²) in [5.41, 5.74) is 1.08. The van der Waals surface area contributed by atoms with Crippen LogP contribution in [0.15, 0.2) is 24.4 Å². The number of nitrogens with one attached hydrogen (secondary N) is 1. The van der Waals surface area contributed by atoms with Gasteiger partial charge in [-0.05, 0) is 30.5 Å². The molecule has 8 nitrogen and oxygen atoms in total. The van der Waals surface area contributed by atoms with Gasteiger partial charge in [0.05, 0.1) is 18.4 Å². The molecule has 1 saturated carbocycles. The minimum Gasteiger partial charge on any atom is -0.639 e. The number of rotatable bonds is 5. The van der Waals surface area contributed by atoms with Gasteiger partial charge in [0.25, 0.3) is 0 Å². The summed E-state index contributed by atoms with van der Waals surface area (Å²) < 4.78 is 0. The molecule has 0 radical (unpaired) electrons. The topological polar surface area (TPSA) is 114 Å². The van der Waals surface area contributed by atoms with Crippen molar-refractivity contribution in [3.63, 3.8) is 0 Å². The van der Waals surface area contributed by atoms with Gasteiger partial charge < -0.3 is 15.0 Å². The number of hydrogen-bond acceptors (Lipinski definition) is 5. The first kappa shape index (κ1) is 21.4. The largest absolute Gasteiger partial charge is 1.00 e. The molecule has 1 atom stereocenters. The molecule has 1 aromatic rings. The Kier molecular flexibility index (Phi) is 7.42. The molecule has 0 bridgehead atoms. The molecule has 0 unspecified atom stereocenters. The van der Waals surface area contributed by atoms with Gasteiger partial charge in [-0.3, -0.25) is 19.8 Å². The molecule has 140 valence electrons. The van der Waals surface area contributed by atoms with Gasteiger partial charge in [-0.15, -0.1) is 0 Å². The van der Waals surface area contributed by atoms with Crippen molar-refractivity contribution in [1.82, 2.24) is 15.4 Å². The first-order chi connectivity index (χ1) is 12.6. The molecular weight excluding hydrogens is 343 g/mol. The van der Waals surface area contributed by atoms with Crippen LogP contribution in [0, 0.1) is 0 Å². The van der Waals surface area contributed by atoms with E-state index in [-0.39, 0.29) is 31.2 Å². The van der Waals surface area contributed by atoms with Crippen LogP contribution in [0.4, 0.5) is 0 Å². The minimum absolute atomic E-state index is 0. The second-order valence-electron chi connectivity index (χ2n) is 6.87. The molecule has 2 N–H and O–H groups in total. The number of amides is 3. The van der Waals surface area contributed by atoms with Crippen LogP contribution in [0.25, 0.3) is 5.32 Å². The normalized spacial score (nSPS) is 20.6. The van der Waals surface area contributed by atoms with E-state index in [1.54, 1.807) is 28.7 Å². The molecule has 27 heavy (non-hydrogen) atoms. The number of hydrogen-bond donors (Lipinski definition) is 2. The van der Waals surface area contributed by atoms with Crippen LogP contribution < -0.4 is 24.3 Å². The zero-order valence-corrected chi connectivity index (χ0v) is 15.6. The van der Waals surface area contributed by atoms with E-state index >= 15 is 0 Å². The molecule has 2 aliphatic rings. The fraction of sp³-hybridized carbons (Fsp3) is 0.556. The van der Waals surface area contributed by atoms with Crippen molar-refractivity contribution in [3.8, 4) is 0 Å². The van der Waals surface area contributed by atoms with E-state index in [2.05, 4.69) is 10.3 Å². The van der Waals surface area contributed by atoms with Crippen molar-refractivity contribution in [2.45, 2.75) is 56.5 Å². The second kappa shape index (κ2) is 9.36. The molecule has 0 spiro atoms. The average molecular weight is 366 g/mol. The van der Waals surface area contributed by atoms with Crippen LogP contribution >= 0.6 is 0 Å². The number of likely N-dealkylation sites (tertiary alicyclic amines) is 1. The molecule has 3 amide bonds. The van der Waals surface area contributed by atoms with E-state index in [9.17, 15) is 14.4 Å². The molecule has 1 saturated heterocycles. The number of carbonyl (C=O) groups is 3. The Balaban J connectivity index is 0.00000261. The Labute approximate surface area is 170 Å². The van der Waals surface area contributed by atoms with Crippen LogP contribution in [0.1, 0.15) is 44.2 Å². The first-order valence-electron chi connectivity index (χ1n) is 8.96. The molecule has 1 aliphatic heterocycles. The van der Waals surface area contributed by atoms with E-state index in [1.165, 1.54) is 0 Å². The SMILES string of the molecule is O=C([N-]C1(C(=O)NO)CCCC1)[C@@H]1CCCN1C(=O)Cc1ccccn1.[Li+]. The zero-order valence-electron chi connectivity index (χ0n) is 15.6. The van der Waals surface area contributed by atoms with Crippen molar-refractivity contribution >= 4 is 17.7 Å². The van der Waals surface area contributed by atoms with Gasteiger partial charge in [0.2, 0.25) is 11.8 Å². The third kappa shape index (κ3) is 4.70. The summed E-state index contributed by atoms with van der Waals surface area (Å²) >= 11 is 0. The van der Waals surface area contributed by atoms with Crippen LogP contribution in [0.3, 0.4) is 0 Å². The number of nitrogens with zero attached hydrogens (tertiary/aromatic N) is 3. The zero-order chi connectivity index (χ0) is 18.6. The standard InChI is InChI=1S/C18H24N4O4.Li/c23-15(12-13-6-1-4-10-19-13)22-11-5-7-14(22)16(24)20-18(17(25)21-26)8-2-3-9-18;/h1,4,6,10,14H,2-3,5,7-9,11-12H2,(H3,20,21,24,25,26);/q;+1/p-1/t14-;/m0./s1. The molecule has 1 aliphatic carbocycles. The van der Waals surface area contributed by atoms with Crippen molar-refractivity contribution in [3.05, 3.63) is 35.4 Å². The van der Waals surface area contributed by atoms with Crippen molar-refractivity contribution in [2.24, 2.45) is 0 Å². The van der Waals surface area contributed by atoms with Gasteiger partial charge in [0.1, 0.15) is 0 Å². The smallest absolute Gasteiger partial charge is 0.639 e. The molecule has 2 heterocycles. The van der Waals surface area contributed by atoms with Crippen molar-refractivity contribution in [1.29, 1.82) is 0 Å². The Morgan fingerprint density at radius 2 is 2.00 bits per heavy atom. The molecule has 2 fully saturated rings. The Morgan fingerprint density at radius 3 is 2.63 bits per heavy atom. The summed E-state index contributed by atoms with van der Waals surface area (Å²) in [6.07, 6.45) is 5.43. The van der Waals surface area contributed by atoms with Crippen LogP contribution in [0.2, 0.25) is 0 Å².